The molecule has 3 saturated heterocycles. The number of amides is 5. The molecule has 1 aromatic carbocycles. The SMILES string of the molecule is CCn1c(-c2cccnc2[C@H](C)OC)c2c3cc(ccc31)-c1csc(n1)C[C@H](NC(=O)[C@H](C(C)C)N(C)C(=O)N1CCC3(CCN(C(=O)/C=C/CN(C)C)C3)CC1)C(=O)N1CCC[C@H](N1)C(=O)OCC(C)(C)C2. The van der Waals surface area contributed by atoms with Crippen molar-refractivity contribution in [1.29, 1.82) is 0 Å². The van der Waals surface area contributed by atoms with E-state index in [0.717, 1.165) is 63.9 Å². The van der Waals surface area contributed by atoms with Crippen molar-refractivity contribution in [2.45, 2.75) is 117 Å². The number of aromatic nitrogens is 3. The minimum atomic E-state index is -1.07. The van der Waals surface area contributed by atoms with E-state index in [0.29, 0.717) is 70.1 Å². The number of piperidine rings is 1. The number of hydrogen-bond donors (Lipinski definition) is 2. The Kier molecular flexibility index (Phi) is 16.5. The quantitative estimate of drug-likeness (QED) is 0.121. The fraction of sp³-hybridized carbons (Fsp3) is 0.582. The second-order valence-electron chi connectivity index (χ2n) is 22.0. The van der Waals surface area contributed by atoms with Gasteiger partial charge in [-0.05, 0) is 108 Å². The second-order valence-corrected chi connectivity index (χ2v) is 23.0. The summed E-state index contributed by atoms with van der Waals surface area (Å²) in [5.74, 6) is -1.58. The number of methoxy groups -OCH3 is 1. The fourth-order valence-electron chi connectivity index (χ4n) is 11.3. The lowest BCUT2D eigenvalue weighted by Crippen LogP contribution is -2.62. The van der Waals surface area contributed by atoms with Crippen LogP contribution in [-0.2, 0) is 48.0 Å². The van der Waals surface area contributed by atoms with E-state index in [9.17, 15) is 24.0 Å². The normalized spacial score (nSPS) is 21.2. The van der Waals surface area contributed by atoms with Crippen molar-refractivity contribution in [2.24, 2.45) is 16.7 Å². The molecule has 6 bridgehead atoms. The summed E-state index contributed by atoms with van der Waals surface area (Å²) < 4.78 is 14.3. The first-order valence-corrected chi connectivity index (χ1v) is 26.9. The molecule has 0 radical (unpaired) electrons. The molecule has 17 nitrogen and oxygen atoms in total. The highest BCUT2D eigenvalue weighted by Gasteiger charge is 2.44. The maximum atomic E-state index is 14.8. The largest absolute Gasteiger partial charge is 0.464 e. The van der Waals surface area contributed by atoms with Crippen molar-refractivity contribution in [3.63, 3.8) is 0 Å². The highest BCUT2D eigenvalue weighted by atomic mass is 32.1. The number of esters is 1. The molecule has 0 saturated carbocycles. The van der Waals surface area contributed by atoms with E-state index in [1.165, 1.54) is 21.2 Å². The Morgan fingerprint density at radius 3 is 2.48 bits per heavy atom. The minimum Gasteiger partial charge on any atom is -0.464 e. The van der Waals surface area contributed by atoms with Gasteiger partial charge in [0.05, 0.1) is 34.8 Å². The lowest BCUT2D eigenvalue weighted by atomic mass is 9.78. The summed E-state index contributed by atoms with van der Waals surface area (Å²) in [4.78, 5) is 87.9. The van der Waals surface area contributed by atoms with Gasteiger partial charge in [-0.3, -0.25) is 29.2 Å². The molecule has 4 aromatic rings. The molecule has 8 rings (SSSR count). The zero-order valence-electron chi connectivity index (χ0n) is 44.5. The lowest BCUT2D eigenvalue weighted by Gasteiger charge is -2.42. The van der Waals surface area contributed by atoms with E-state index in [1.54, 1.807) is 26.4 Å². The molecule has 394 valence electrons. The third kappa shape index (κ3) is 11.7. The number of urea groups is 1. The number of ether oxygens (including phenoxy) is 2. The topological polar surface area (TPSA) is 175 Å². The number of benzene rings is 1. The highest BCUT2D eigenvalue weighted by Crippen LogP contribution is 2.43. The Balaban J connectivity index is 1.06. The van der Waals surface area contributed by atoms with Gasteiger partial charge in [-0.2, -0.15) is 0 Å². The van der Waals surface area contributed by atoms with Crippen LogP contribution in [-0.4, -0.2) is 161 Å². The summed E-state index contributed by atoms with van der Waals surface area (Å²) in [6, 6.07) is 7.45. The molecule has 4 aliphatic rings. The van der Waals surface area contributed by atoms with E-state index in [4.69, 9.17) is 19.4 Å². The number of nitrogens with zero attached hydrogens (tertiary/aromatic N) is 8. The molecule has 7 heterocycles. The molecule has 4 aliphatic heterocycles. The standard InChI is InChI=1S/C55H76N10O7S/c1-11-64-44-19-18-37-29-39(44)40(49(64)38-15-12-23-56-47(38)36(4)71-10)31-54(5,6)34-72-52(69)41-16-13-25-65(59-41)51(68)42(30-45-57-43(37)32-73-45)58-50(67)48(35(2)3)61(9)53(70)62-26-20-55(21-27-62)22-28-63(33-55)46(66)17-14-24-60(7)8/h12,14-15,17-19,23,29,32,35-36,41-42,48,59H,11,13,16,20-22,24-28,30-31,33-34H2,1-10H3,(H,58,67)/b17-14+/t36-,41-,42-,48-/m0/s1. The van der Waals surface area contributed by atoms with Gasteiger partial charge in [-0.25, -0.2) is 15.2 Å². The van der Waals surface area contributed by atoms with Gasteiger partial charge in [-0.15, -0.1) is 11.3 Å². The first kappa shape index (κ1) is 53.6. The average molecular weight is 1020 g/mol. The molecule has 73 heavy (non-hydrogen) atoms. The lowest BCUT2D eigenvalue weighted by molar-refractivity contribution is -0.155. The maximum absolute atomic E-state index is 14.8. The van der Waals surface area contributed by atoms with Gasteiger partial charge in [-0.1, -0.05) is 39.8 Å². The number of hydrazine groups is 1. The van der Waals surface area contributed by atoms with Gasteiger partial charge in [0.1, 0.15) is 18.1 Å². The number of rotatable bonds is 11. The van der Waals surface area contributed by atoms with Crippen molar-refractivity contribution in [2.75, 3.05) is 74.1 Å². The number of likely N-dealkylation sites (N-methyl/N-ethyl adjacent to an activating group) is 2. The number of fused-ring (bicyclic) bond motifs is 6. The number of thiazole rings is 1. The number of aryl methyl sites for hydroxylation is 1. The number of cyclic esters (lactones) is 1. The molecule has 5 amide bonds. The smallest absolute Gasteiger partial charge is 0.324 e. The van der Waals surface area contributed by atoms with E-state index in [-0.39, 0.29) is 42.4 Å². The van der Waals surface area contributed by atoms with Gasteiger partial charge >= 0.3 is 12.0 Å². The van der Waals surface area contributed by atoms with Crippen LogP contribution >= 0.6 is 11.3 Å². The third-order valence-corrected chi connectivity index (χ3v) is 16.2. The summed E-state index contributed by atoms with van der Waals surface area (Å²) in [6.45, 7) is 16.4. The van der Waals surface area contributed by atoms with Crippen LogP contribution in [0.2, 0.25) is 0 Å². The Morgan fingerprint density at radius 1 is 1.04 bits per heavy atom. The van der Waals surface area contributed by atoms with Crippen molar-refractivity contribution in [3.8, 4) is 22.5 Å². The van der Waals surface area contributed by atoms with Crippen molar-refractivity contribution >= 4 is 52.0 Å². The van der Waals surface area contributed by atoms with E-state index < -0.39 is 41.3 Å². The van der Waals surface area contributed by atoms with Crippen LogP contribution < -0.4 is 10.7 Å². The monoisotopic (exact) mass is 1020 g/mol. The molecular weight excluding hydrogens is 945 g/mol. The molecule has 1 spiro atoms. The van der Waals surface area contributed by atoms with Crippen LogP contribution in [0.5, 0.6) is 0 Å². The zero-order valence-corrected chi connectivity index (χ0v) is 45.3. The van der Waals surface area contributed by atoms with Crippen molar-refractivity contribution < 1.29 is 33.4 Å². The average Bonchev–Trinajstić information content (AvgIpc) is 4.10. The third-order valence-electron chi connectivity index (χ3n) is 15.3. The molecule has 0 unspecified atom stereocenters. The Labute approximate surface area is 434 Å². The minimum absolute atomic E-state index is 0.0231. The van der Waals surface area contributed by atoms with Crippen molar-refractivity contribution in [1.82, 2.24) is 49.9 Å². The molecule has 4 atom stereocenters. The summed E-state index contributed by atoms with van der Waals surface area (Å²) in [5, 5.41) is 8.22. The molecule has 0 aliphatic carbocycles. The van der Waals surface area contributed by atoms with Crippen LogP contribution in [0.15, 0.2) is 54.1 Å². The van der Waals surface area contributed by atoms with Crippen LogP contribution in [0.4, 0.5) is 4.79 Å². The fourth-order valence-corrected chi connectivity index (χ4v) is 12.1. The summed E-state index contributed by atoms with van der Waals surface area (Å²) in [5.41, 5.74) is 9.28. The predicted molar refractivity (Wildman–Crippen MR) is 283 cm³/mol. The van der Waals surface area contributed by atoms with Crippen molar-refractivity contribution in [3.05, 3.63) is 70.3 Å². The number of carbonyl (C=O) groups excluding carboxylic acids is 5. The Hall–Kier alpha value is -5.69. The maximum Gasteiger partial charge on any atom is 0.324 e. The Morgan fingerprint density at radius 2 is 1.78 bits per heavy atom. The second kappa shape index (κ2) is 22.4. The number of hydrogen-bond acceptors (Lipinski definition) is 12. The van der Waals surface area contributed by atoms with Gasteiger partial charge in [0.15, 0.2) is 0 Å². The zero-order chi connectivity index (χ0) is 52.4. The van der Waals surface area contributed by atoms with Crippen LogP contribution in [0.25, 0.3) is 33.4 Å². The first-order valence-electron chi connectivity index (χ1n) is 26.1. The van der Waals surface area contributed by atoms with E-state index in [1.807, 2.05) is 67.1 Å². The number of carbonyl (C=O) groups is 5. The Bertz CT molecular complexity index is 2700. The van der Waals surface area contributed by atoms with Gasteiger partial charge in [0.2, 0.25) is 11.8 Å². The van der Waals surface area contributed by atoms with Crippen LogP contribution in [0.1, 0.15) is 96.0 Å². The van der Waals surface area contributed by atoms with Crippen LogP contribution in [0, 0.1) is 16.7 Å². The summed E-state index contributed by atoms with van der Waals surface area (Å²) >= 11 is 1.42. The molecular formula is C55H76N10O7S. The first-order chi connectivity index (χ1) is 34.8. The van der Waals surface area contributed by atoms with Crippen LogP contribution in [0.3, 0.4) is 0 Å². The van der Waals surface area contributed by atoms with Gasteiger partial charge in [0.25, 0.3) is 5.91 Å². The van der Waals surface area contributed by atoms with Gasteiger partial charge in [0, 0.05) is 111 Å². The molecule has 3 fully saturated rings. The van der Waals surface area contributed by atoms with E-state index >= 15 is 0 Å². The highest BCUT2D eigenvalue weighted by molar-refractivity contribution is 7.10. The number of likely N-dealkylation sites (tertiary alicyclic amines) is 2. The number of pyridine rings is 1. The molecule has 3 aromatic heterocycles. The van der Waals surface area contributed by atoms with Gasteiger partial charge < -0.3 is 39.0 Å². The number of nitrogens with one attached hydrogen (secondary N) is 2. The van der Waals surface area contributed by atoms with E-state index in [2.05, 4.69) is 60.3 Å². The summed E-state index contributed by atoms with van der Waals surface area (Å²) in [7, 11) is 7.28. The predicted octanol–water partition coefficient (Wildman–Crippen LogP) is 6.71. The molecule has 2 N–H and O–H groups in total. The molecule has 18 heteroatoms. The summed E-state index contributed by atoms with van der Waals surface area (Å²) in [6.07, 6.45) is 9.19.